The van der Waals surface area contributed by atoms with E-state index in [1.54, 1.807) is 19.9 Å². The monoisotopic (exact) mass is 472 g/mol. The summed E-state index contributed by atoms with van der Waals surface area (Å²) in [6.45, 7) is 10.7. The minimum absolute atomic E-state index is 0.0167. The minimum atomic E-state index is -0.591. The van der Waals surface area contributed by atoms with Crippen LogP contribution in [0, 0.1) is 11.8 Å². The van der Waals surface area contributed by atoms with E-state index in [1.807, 2.05) is 36.4 Å². The van der Waals surface area contributed by atoms with E-state index in [0.29, 0.717) is 19.3 Å². The Morgan fingerprint density at radius 1 is 1.03 bits per heavy atom. The van der Waals surface area contributed by atoms with E-state index in [1.165, 1.54) is 0 Å². The molecule has 0 aliphatic carbocycles. The van der Waals surface area contributed by atoms with Gasteiger partial charge in [0.1, 0.15) is 6.61 Å². The molecule has 0 aliphatic rings. The number of unbranched alkanes of at least 4 members (excludes halogenated alkanes) is 1. The highest BCUT2D eigenvalue weighted by molar-refractivity contribution is 5.86. The van der Waals surface area contributed by atoms with Gasteiger partial charge in [0.05, 0.1) is 24.5 Å². The average Bonchev–Trinajstić information content (AvgIpc) is 2.82. The maximum absolute atomic E-state index is 12.8. The highest BCUT2D eigenvalue weighted by Gasteiger charge is 2.24. The predicted molar refractivity (Wildman–Crippen MR) is 134 cm³/mol. The molecular formula is C27H40N2O5. The van der Waals surface area contributed by atoms with Gasteiger partial charge in [0.2, 0.25) is 11.8 Å². The Morgan fingerprint density at radius 3 is 2.35 bits per heavy atom. The van der Waals surface area contributed by atoms with Crippen molar-refractivity contribution in [1.29, 1.82) is 0 Å². The molecule has 4 atom stereocenters. The molecule has 34 heavy (non-hydrogen) atoms. The second kappa shape index (κ2) is 16.6. The summed E-state index contributed by atoms with van der Waals surface area (Å²) >= 11 is 0. The van der Waals surface area contributed by atoms with Crippen molar-refractivity contribution >= 4 is 17.8 Å². The van der Waals surface area contributed by atoms with Crippen LogP contribution in [0.25, 0.3) is 0 Å². The molecule has 0 radical (unpaired) electrons. The zero-order valence-electron chi connectivity index (χ0n) is 20.5. The van der Waals surface area contributed by atoms with Crippen LogP contribution in [0.1, 0.15) is 51.5 Å². The van der Waals surface area contributed by atoms with Crippen LogP contribution in [0.2, 0.25) is 0 Å². The van der Waals surface area contributed by atoms with Gasteiger partial charge in [-0.15, -0.1) is 13.2 Å². The topological polar surface area (TPSA) is 105 Å². The Morgan fingerprint density at radius 2 is 1.74 bits per heavy atom. The molecule has 7 heteroatoms. The molecule has 3 N–H and O–H groups in total. The number of esters is 1. The van der Waals surface area contributed by atoms with Crippen LogP contribution in [0.15, 0.2) is 55.6 Å². The number of hydrogen-bond acceptors (Lipinski definition) is 5. The van der Waals surface area contributed by atoms with Crippen molar-refractivity contribution in [3.8, 4) is 0 Å². The van der Waals surface area contributed by atoms with Gasteiger partial charge in [-0.3, -0.25) is 14.4 Å². The van der Waals surface area contributed by atoms with Crippen LogP contribution in [-0.2, 0) is 25.5 Å². The van der Waals surface area contributed by atoms with Crippen molar-refractivity contribution in [3.63, 3.8) is 0 Å². The zero-order valence-corrected chi connectivity index (χ0v) is 20.5. The third-order valence-corrected chi connectivity index (χ3v) is 5.42. The minimum Gasteiger partial charge on any atom is -0.463 e. The first-order valence-electron chi connectivity index (χ1n) is 11.9. The van der Waals surface area contributed by atoms with Gasteiger partial charge in [0.25, 0.3) is 0 Å². The average molecular weight is 473 g/mol. The molecule has 1 rings (SSSR count). The standard InChI is InChI=1S/C27H40N2O5/c1-5-7-9-15-24(16-22-13-10-8-11-14-22)27(33)34-19-21(4)29-26(32)23(12-6-2)17-25(31)28-20(3)18-30/h5-6,8,10-11,13-14,20-21,23-24,30H,1-2,7,9,12,15-19H2,3-4H3,(H,28,31)(H,29,32)/t20-,21+,23+,24-/m1/s1. The Bertz CT molecular complexity index is 780. The number of carbonyl (C=O) groups is 3. The van der Waals surface area contributed by atoms with Crippen molar-refractivity contribution in [2.45, 2.75) is 64.5 Å². The van der Waals surface area contributed by atoms with Crippen molar-refractivity contribution in [2.75, 3.05) is 13.2 Å². The number of allylic oxidation sites excluding steroid dienone is 2. The van der Waals surface area contributed by atoms with Gasteiger partial charge < -0.3 is 20.5 Å². The van der Waals surface area contributed by atoms with Crippen LogP contribution >= 0.6 is 0 Å². The summed E-state index contributed by atoms with van der Waals surface area (Å²) in [5.74, 6) is -1.76. The smallest absolute Gasteiger partial charge is 0.309 e. The Labute approximate surface area is 203 Å². The molecule has 2 amide bonds. The molecular weight excluding hydrogens is 432 g/mol. The van der Waals surface area contributed by atoms with E-state index in [9.17, 15) is 14.4 Å². The molecule has 0 spiro atoms. The van der Waals surface area contributed by atoms with Gasteiger partial charge in [0, 0.05) is 12.5 Å². The van der Waals surface area contributed by atoms with Gasteiger partial charge in [-0.25, -0.2) is 0 Å². The zero-order chi connectivity index (χ0) is 25.3. The lowest BCUT2D eigenvalue weighted by Crippen LogP contribution is -2.43. The van der Waals surface area contributed by atoms with Crippen LogP contribution < -0.4 is 10.6 Å². The molecule has 0 bridgehead atoms. The summed E-state index contributed by atoms with van der Waals surface area (Å²) in [5, 5.41) is 14.5. The molecule has 0 aliphatic heterocycles. The van der Waals surface area contributed by atoms with Gasteiger partial charge in [-0.1, -0.05) is 42.5 Å². The number of carbonyl (C=O) groups excluding carboxylic acids is 3. The van der Waals surface area contributed by atoms with E-state index in [2.05, 4.69) is 23.8 Å². The number of ether oxygens (including phenoxy) is 1. The quantitative estimate of drug-likeness (QED) is 0.183. The Balaban J connectivity index is 2.62. The molecule has 0 fully saturated rings. The Hall–Kier alpha value is -2.93. The molecule has 7 nitrogen and oxygen atoms in total. The van der Waals surface area contributed by atoms with Gasteiger partial charge in [0.15, 0.2) is 0 Å². The summed E-state index contributed by atoms with van der Waals surface area (Å²) in [5.41, 5.74) is 1.07. The summed E-state index contributed by atoms with van der Waals surface area (Å²) < 4.78 is 5.55. The van der Waals surface area contributed by atoms with Crippen molar-refractivity contribution in [2.24, 2.45) is 11.8 Å². The van der Waals surface area contributed by atoms with Crippen LogP contribution in [0.5, 0.6) is 0 Å². The van der Waals surface area contributed by atoms with Gasteiger partial charge in [-0.05, 0) is 51.5 Å². The number of nitrogens with one attached hydrogen (secondary N) is 2. The van der Waals surface area contributed by atoms with E-state index in [0.717, 1.165) is 18.4 Å². The largest absolute Gasteiger partial charge is 0.463 e. The maximum atomic E-state index is 12.8. The third-order valence-electron chi connectivity index (χ3n) is 5.42. The highest BCUT2D eigenvalue weighted by atomic mass is 16.5. The summed E-state index contributed by atoms with van der Waals surface area (Å²) in [6, 6.07) is 9.03. The van der Waals surface area contributed by atoms with Crippen LogP contribution in [0.3, 0.4) is 0 Å². The van der Waals surface area contributed by atoms with Crippen LogP contribution in [-0.4, -0.2) is 48.2 Å². The van der Waals surface area contributed by atoms with E-state index >= 15 is 0 Å². The maximum Gasteiger partial charge on any atom is 0.309 e. The van der Waals surface area contributed by atoms with E-state index in [4.69, 9.17) is 9.84 Å². The molecule has 0 aromatic heterocycles. The lowest BCUT2D eigenvalue weighted by Gasteiger charge is -2.21. The van der Waals surface area contributed by atoms with Crippen molar-refractivity contribution in [3.05, 3.63) is 61.2 Å². The predicted octanol–water partition coefficient (Wildman–Crippen LogP) is 3.33. The second-order valence-corrected chi connectivity index (χ2v) is 8.72. The third kappa shape index (κ3) is 11.8. The molecule has 0 saturated carbocycles. The number of amides is 2. The van der Waals surface area contributed by atoms with E-state index < -0.39 is 12.0 Å². The molecule has 0 unspecified atom stereocenters. The Kier molecular flexibility index (Phi) is 14.2. The van der Waals surface area contributed by atoms with E-state index in [-0.39, 0.29) is 49.4 Å². The summed E-state index contributed by atoms with van der Waals surface area (Å²) in [4.78, 5) is 37.6. The molecule has 0 heterocycles. The van der Waals surface area contributed by atoms with Crippen molar-refractivity contribution in [1.82, 2.24) is 10.6 Å². The fraction of sp³-hybridized carbons (Fsp3) is 0.519. The molecule has 1 aromatic carbocycles. The number of rotatable bonds is 17. The SMILES string of the molecule is C=CCCC[C@H](Cc1ccccc1)C(=O)OC[C@H](C)NC(=O)[C@@H](CC=C)CC(=O)N[C@H](C)CO. The first kappa shape index (κ1) is 29.1. The molecule has 1 aromatic rings. The van der Waals surface area contributed by atoms with Crippen molar-refractivity contribution < 1.29 is 24.2 Å². The number of benzene rings is 1. The summed E-state index contributed by atoms with van der Waals surface area (Å²) in [6.07, 6.45) is 6.73. The van der Waals surface area contributed by atoms with Gasteiger partial charge in [-0.2, -0.15) is 0 Å². The molecule has 0 saturated heterocycles. The molecule has 188 valence electrons. The first-order valence-corrected chi connectivity index (χ1v) is 11.9. The lowest BCUT2D eigenvalue weighted by molar-refractivity contribution is -0.150. The lowest BCUT2D eigenvalue weighted by atomic mass is 9.94. The summed E-state index contributed by atoms with van der Waals surface area (Å²) in [7, 11) is 0. The second-order valence-electron chi connectivity index (χ2n) is 8.72. The number of hydrogen-bond donors (Lipinski definition) is 3. The number of aliphatic hydroxyl groups excluding tert-OH is 1. The first-order chi connectivity index (χ1) is 16.3. The van der Waals surface area contributed by atoms with Gasteiger partial charge >= 0.3 is 5.97 Å². The van der Waals surface area contributed by atoms with Crippen LogP contribution in [0.4, 0.5) is 0 Å². The highest BCUT2D eigenvalue weighted by Crippen LogP contribution is 2.18. The fourth-order valence-corrected chi connectivity index (χ4v) is 3.53. The normalized spacial score (nSPS) is 14.2. The fourth-order valence-electron chi connectivity index (χ4n) is 3.53. The number of aliphatic hydroxyl groups is 1.